The average Bonchev–Trinajstić information content (AvgIpc) is 2.43. The molecule has 0 radical (unpaired) electrons. The number of aromatic nitrogens is 2. The van der Waals surface area contributed by atoms with Crippen molar-refractivity contribution in [3.63, 3.8) is 0 Å². The van der Waals surface area contributed by atoms with Crippen molar-refractivity contribution < 1.29 is 27.4 Å². The Kier molecular flexibility index (Phi) is 5.14. The van der Waals surface area contributed by atoms with Gasteiger partial charge in [-0.05, 0) is 26.8 Å². The molecule has 1 aliphatic rings. The minimum atomic E-state index is -4.70. The fourth-order valence-corrected chi connectivity index (χ4v) is 2.69. The number of ether oxygens (including phenoxy) is 2. The van der Waals surface area contributed by atoms with E-state index < -0.39 is 23.5 Å². The van der Waals surface area contributed by atoms with Crippen LogP contribution in [-0.4, -0.2) is 59.3 Å². The van der Waals surface area contributed by atoms with E-state index in [-0.39, 0.29) is 37.2 Å². The molecule has 1 fully saturated rings. The summed E-state index contributed by atoms with van der Waals surface area (Å²) in [5.74, 6) is -1.89. The minimum absolute atomic E-state index is 0.0848. The molecule has 0 saturated carbocycles. The number of rotatable bonds is 3. The number of morpholine rings is 1. The number of amides is 1. The second-order valence-corrected chi connectivity index (χ2v) is 6.36. The number of halogens is 3. The topological polar surface area (TPSA) is 64.5 Å². The molecule has 2 heterocycles. The van der Waals surface area contributed by atoms with E-state index in [9.17, 15) is 18.0 Å². The number of alkyl halides is 3. The third-order valence-electron chi connectivity index (χ3n) is 3.45. The lowest BCUT2D eigenvalue weighted by Gasteiger charge is -2.42. The van der Waals surface area contributed by atoms with E-state index in [0.29, 0.717) is 0 Å². The van der Waals surface area contributed by atoms with Crippen molar-refractivity contribution >= 4 is 5.91 Å². The van der Waals surface area contributed by atoms with Crippen molar-refractivity contribution in [2.24, 2.45) is 0 Å². The van der Waals surface area contributed by atoms with Crippen LogP contribution in [0.25, 0.3) is 0 Å². The van der Waals surface area contributed by atoms with Gasteiger partial charge >= 0.3 is 6.18 Å². The Morgan fingerprint density at radius 2 is 2.12 bits per heavy atom. The van der Waals surface area contributed by atoms with Gasteiger partial charge in [-0.2, -0.15) is 13.2 Å². The molecular weight excluding hydrogens is 327 g/mol. The average molecular weight is 347 g/mol. The van der Waals surface area contributed by atoms with Gasteiger partial charge in [0.2, 0.25) is 5.82 Å². The summed E-state index contributed by atoms with van der Waals surface area (Å²) < 4.78 is 49.4. The second kappa shape index (κ2) is 6.64. The smallest absolute Gasteiger partial charge is 0.382 e. The molecule has 2 rings (SSSR count). The number of aryl methyl sites for hydroxylation is 1. The van der Waals surface area contributed by atoms with Gasteiger partial charge in [0.15, 0.2) is 0 Å². The summed E-state index contributed by atoms with van der Waals surface area (Å²) in [4.78, 5) is 20.8. The van der Waals surface area contributed by atoms with E-state index >= 15 is 0 Å². The van der Waals surface area contributed by atoms with Gasteiger partial charge in [0.05, 0.1) is 18.3 Å². The van der Waals surface area contributed by atoms with Crippen LogP contribution in [-0.2, 0) is 15.7 Å². The zero-order chi connectivity index (χ0) is 18.1. The van der Waals surface area contributed by atoms with Crippen molar-refractivity contribution in [2.75, 3.05) is 26.8 Å². The lowest BCUT2D eigenvalue weighted by molar-refractivity contribution is -0.146. The number of hydrogen-bond donors (Lipinski definition) is 0. The summed E-state index contributed by atoms with van der Waals surface area (Å²) in [7, 11) is 1.51. The minimum Gasteiger partial charge on any atom is -0.382 e. The second-order valence-electron chi connectivity index (χ2n) is 6.36. The summed E-state index contributed by atoms with van der Waals surface area (Å²) >= 11 is 0. The molecule has 0 spiro atoms. The maximum atomic E-state index is 12.9. The number of hydrogen-bond acceptors (Lipinski definition) is 5. The summed E-state index contributed by atoms with van der Waals surface area (Å²) in [6, 6.07) is 1.26. The monoisotopic (exact) mass is 347 g/mol. The normalized spacial score (nSPS) is 21.0. The Balaban J connectivity index is 2.29. The quantitative estimate of drug-likeness (QED) is 0.838. The lowest BCUT2D eigenvalue weighted by atomic mass is 10.0. The van der Waals surface area contributed by atoms with Crippen LogP contribution in [0, 0.1) is 6.92 Å². The van der Waals surface area contributed by atoms with E-state index in [2.05, 4.69) is 9.97 Å². The molecule has 1 aliphatic heterocycles. The third-order valence-corrected chi connectivity index (χ3v) is 3.45. The van der Waals surface area contributed by atoms with Crippen LogP contribution in [0.15, 0.2) is 6.07 Å². The van der Waals surface area contributed by atoms with Crippen LogP contribution in [0.3, 0.4) is 0 Å². The largest absolute Gasteiger partial charge is 0.451 e. The van der Waals surface area contributed by atoms with Gasteiger partial charge in [0.25, 0.3) is 5.91 Å². The highest BCUT2D eigenvalue weighted by atomic mass is 19.4. The molecule has 1 amide bonds. The lowest BCUT2D eigenvalue weighted by Crippen LogP contribution is -2.55. The van der Waals surface area contributed by atoms with Gasteiger partial charge in [0.1, 0.15) is 5.69 Å². The van der Waals surface area contributed by atoms with E-state index in [0.717, 1.165) is 0 Å². The molecule has 1 aromatic rings. The fourth-order valence-electron chi connectivity index (χ4n) is 2.69. The highest BCUT2D eigenvalue weighted by molar-refractivity contribution is 5.92. The molecule has 1 atom stereocenters. The summed E-state index contributed by atoms with van der Waals surface area (Å²) in [6.45, 7) is 5.76. The number of nitrogens with zero attached hydrogens (tertiary/aromatic N) is 3. The van der Waals surface area contributed by atoms with Crippen LogP contribution in [0.5, 0.6) is 0 Å². The first kappa shape index (κ1) is 18.6. The van der Waals surface area contributed by atoms with Crippen LogP contribution < -0.4 is 0 Å². The molecular formula is C15H20F3N3O3. The van der Waals surface area contributed by atoms with Crippen molar-refractivity contribution in [3.05, 3.63) is 23.3 Å². The number of carbonyl (C=O) groups excluding carboxylic acids is 1. The molecule has 0 bridgehead atoms. The Morgan fingerprint density at radius 3 is 2.71 bits per heavy atom. The van der Waals surface area contributed by atoms with Crippen molar-refractivity contribution in [1.82, 2.24) is 14.9 Å². The molecule has 0 N–H and O–H groups in total. The number of carbonyl (C=O) groups is 1. The Bertz CT molecular complexity index is 620. The molecule has 9 heteroatoms. The molecule has 1 saturated heterocycles. The first-order valence-electron chi connectivity index (χ1n) is 7.41. The van der Waals surface area contributed by atoms with Crippen molar-refractivity contribution in [3.8, 4) is 0 Å². The maximum Gasteiger partial charge on any atom is 0.451 e. The summed E-state index contributed by atoms with van der Waals surface area (Å²) in [6.07, 6.45) is -5.06. The highest BCUT2D eigenvalue weighted by Crippen LogP contribution is 2.27. The Morgan fingerprint density at radius 1 is 1.46 bits per heavy atom. The predicted molar refractivity (Wildman–Crippen MR) is 78.5 cm³/mol. The molecule has 1 aromatic heterocycles. The summed E-state index contributed by atoms with van der Waals surface area (Å²) in [5.41, 5.74) is -0.822. The van der Waals surface area contributed by atoms with Crippen molar-refractivity contribution in [2.45, 2.75) is 38.7 Å². The first-order valence-corrected chi connectivity index (χ1v) is 7.41. The molecule has 0 aromatic carbocycles. The van der Waals surface area contributed by atoms with E-state index in [4.69, 9.17) is 9.47 Å². The van der Waals surface area contributed by atoms with Crippen LogP contribution in [0.4, 0.5) is 13.2 Å². The molecule has 6 nitrogen and oxygen atoms in total. The van der Waals surface area contributed by atoms with Gasteiger partial charge in [0, 0.05) is 25.9 Å². The maximum absolute atomic E-state index is 12.9. The number of methoxy groups -OCH3 is 1. The van der Waals surface area contributed by atoms with Crippen LogP contribution in [0.1, 0.15) is 35.9 Å². The third kappa shape index (κ3) is 4.41. The standard InChI is InChI=1S/C15H20F3N3O3/c1-9-5-11(20-13(19-9)15(16,17)18)12(22)21-6-10(7-23-4)24-14(2,3)8-21/h5,10H,6-8H2,1-4H3/t10-/m0/s1. The first-order chi connectivity index (χ1) is 11.0. The molecule has 0 aliphatic carbocycles. The van der Waals surface area contributed by atoms with Gasteiger partial charge in [-0.15, -0.1) is 0 Å². The highest BCUT2D eigenvalue weighted by Gasteiger charge is 2.38. The van der Waals surface area contributed by atoms with Gasteiger partial charge in [-0.3, -0.25) is 4.79 Å². The Hall–Kier alpha value is -1.74. The van der Waals surface area contributed by atoms with Gasteiger partial charge in [-0.25, -0.2) is 9.97 Å². The van der Waals surface area contributed by atoms with E-state index in [1.807, 2.05) is 13.8 Å². The molecule has 0 unspecified atom stereocenters. The zero-order valence-electron chi connectivity index (χ0n) is 14.0. The van der Waals surface area contributed by atoms with Crippen LogP contribution >= 0.6 is 0 Å². The molecule has 134 valence electrons. The van der Waals surface area contributed by atoms with Gasteiger partial charge < -0.3 is 14.4 Å². The molecule has 24 heavy (non-hydrogen) atoms. The van der Waals surface area contributed by atoms with E-state index in [1.54, 1.807) is 0 Å². The van der Waals surface area contributed by atoms with E-state index in [1.165, 1.54) is 25.0 Å². The predicted octanol–water partition coefficient (Wildman–Crippen LogP) is 2.07. The SMILES string of the molecule is COC[C@@H]1CN(C(=O)c2cc(C)nc(C(F)(F)F)n2)CC(C)(C)O1. The zero-order valence-corrected chi connectivity index (χ0v) is 14.0. The van der Waals surface area contributed by atoms with Crippen LogP contribution in [0.2, 0.25) is 0 Å². The fraction of sp³-hybridized carbons (Fsp3) is 0.667. The van der Waals surface area contributed by atoms with Gasteiger partial charge in [-0.1, -0.05) is 0 Å². The van der Waals surface area contributed by atoms with Crippen molar-refractivity contribution in [1.29, 1.82) is 0 Å². The Labute approximate surface area is 138 Å². The summed E-state index contributed by atoms with van der Waals surface area (Å²) in [5, 5.41) is 0.